The van der Waals surface area contributed by atoms with E-state index in [9.17, 15) is 0 Å². The van der Waals surface area contributed by atoms with Gasteiger partial charge in [0.25, 0.3) is 0 Å². The predicted molar refractivity (Wildman–Crippen MR) is 111 cm³/mol. The fourth-order valence-corrected chi connectivity index (χ4v) is 3.29. The highest BCUT2D eigenvalue weighted by Crippen LogP contribution is 2.15. The molecule has 0 spiro atoms. The molecule has 0 aliphatic heterocycles. The lowest BCUT2D eigenvalue weighted by Crippen LogP contribution is -1.94. The summed E-state index contributed by atoms with van der Waals surface area (Å²) in [5, 5.41) is 0. The SMILES string of the molecule is CCC(Br)CCCCCC/C=C/CCCCCCCC(C)Br. The normalized spacial score (nSPS) is 14.5. The van der Waals surface area contributed by atoms with Crippen molar-refractivity contribution in [2.24, 2.45) is 0 Å². The number of halogens is 2. The van der Waals surface area contributed by atoms with Crippen LogP contribution in [0.3, 0.4) is 0 Å². The topological polar surface area (TPSA) is 0 Å². The van der Waals surface area contributed by atoms with E-state index in [1.807, 2.05) is 0 Å². The first-order chi connectivity index (χ1) is 10.7. The van der Waals surface area contributed by atoms with Crippen molar-refractivity contribution < 1.29 is 0 Å². The lowest BCUT2D eigenvalue weighted by atomic mass is 10.1. The van der Waals surface area contributed by atoms with Crippen molar-refractivity contribution in [3.05, 3.63) is 12.2 Å². The summed E-state index contributed by atoms with van der Waals surface area (Å²) in [5.41, 5.74) is 0. The maximum atomic E-state index is 3.71. The summed E-state index contributed by atoms with van der Waals surface area (Å²) in [6.45, 7) is 4.50. The highest BCUT2D eigenvalue weighted by atomic mass is 79.9. The highest BCUT2D eigenvalue weighted by molar-refractivity contribution is 9.09. The zero-order valence-corrected chi connectivity index (χ0v) is 18.1. The first-order valence-electron chi connectivity index (χ1n) is 9.60. The average Bonchev–Trinajstić information content (AvgIpc) is 2.50. The van der Waals surface area contributed by atoms with E-state index >= 15 is 0 Å². The lowest BCUT2D eigenvalue weighted by Gasteiger charge is -2.05. The number of allylic oxidation sites excluding steroid dienone is 2. The van der Waals surface area contributed by atoms with Gasteiger partial charge in [-0.3, -0.25) is 0 Å². The molecule has 0 aliphatic carbocycles. The van der Waals surface area contributed by atoms with Gasteiger partial charge in [0, 0.05) is 9.65 Å². The molecule has 0 aromatic heterocycles. The molecule has 0 fully saturated rings. The second kappa shape index (κ2) is 18.0. The van der Waals surface area contributed by atoms with Gasteiger partial charge in [0.15, 0.2) is 0 Å². The molecule has 0 heterocycles. The van der Waals surface area contributed by atoms with Crippen LogP contribution in [0.2, 0.25) is 0 Å². The van der Waals surface area contributed by atoms with Crippen molar-refractivity contribution in [2.75, 3.05) is 0 Å². The summed E-state index contributed by atoms with van der Waals surface area (Å²) in [4.78, 5) is 1.44. The van der Waals surface area contributed by atoms with E-state index in [4.69, 9.17) is 0 Å². The van der Waals surface area contributed by atoms with Gasteiger partial charge in [-0.25, -0.2) is 0 Å². The molecule has 0 saturated carbocycles. The Morgan fingerprint density at radius 1 is 0.682 bits per heavy atom. The third-order valence-electron chi connectivity index (χ3n) is 4.22. The zero-order chi connectivity index (χ0) is 16.5. The van der Waals surface area contributed by atoms with E-state index in [1.165, 1.54) is 89.9 Å². The van der Waals surface area contributed by atoms with Gasteiger partial charge in [0.05, 0.1) is 0 Å². The van der Waals surface area contributed by atoms with Gasteiger partial charge in [0.1, 0.15) is 0 Å². The van der Waals surface area contributed by atoms with Crippen LogP contribution in [0, 0.1) is 0 Å². The lowest BCUT2D eigenvalue weighted by molar-refractivity contribution is 0.596. The van der Waals surface area contributed by atoms with Crippen molar-refractivity contribution in [3.63, 3.8) is 0 Å². The Balaban J connectivity index is 3.12. The summed E-state index contributed by atoms with van der Waals surface area (Å²) in [7, 11) is 0. The number of rotatable bonds is 16. The second-order valence-electron chi connectivity index (χ2n) is 6.59. The van der Waals surface area contributed by atoms with Gasteiger partial charge in [-0.05, 0) is 44.9 Å². The smallest absolute Gasteiger partial charge is 0.0143 e. The molecule has 2 atom stereocenters. The number of unbranched alkanes of at least 4 members (excludes halogenated alkanes) is 9. The van der Waals surface area contributed by atoms with Crippen molar-refractivity contribution in [3.8, 4) is 0 Å². The van der Waals surface area contributed by atoms with Gasteiger partial charge < -0.3 is 0 Å². The van der Waals surface area contributed by atoms with Crippen LogP contribution in [0.4, 0.5) is 0 Å². The van der Waals surface area contributed by atoms with Gasteiger partial charge in [-0.2, -0.15) is 0 Å². The molecule has 0 aliphatic rings. The van der Waals surface area contributed by atoms with Crippen LogP contribution in [0.15, 0.2) is 12.2 Å². The predicted octanol–water partition coefficient (Wildman–Crippen LogP) is 8.57. The summed E-state index contributed by atoms with van der Waals surface area (Å²) in [5.74, 6) is 0. The first kappa shape index (κ1) is 22.7. The molecule has 0 aromatic rings. The summed E-state index contributed by atoms with van der Waals surface area (Å²) < 4.78 is 0. The van der Waals surface area contributed by atoms with Crippen molar-refractivity contribution in [1.82, 2.24) is 0 Å². The fourth-order valence-electron chi connectivity index (χ4n) is 2.64. The third-order valence-corrected chi connectivity index (χ3v) is 5.78. The molecular weight excluding hydrogens is 400 g/mol. The van der Waals surface area contributed by atoms with Crippen molar-refractivity contribution in [1.29, 1.82) is 0 Å². The minimum absolute atomic E-state index is 0.697. The molecule has 2 heteroatoms. The zero-order valence-electron chi connectivity index (χ0n) is 15.0. The average molecular weight is 438 g/mol. The molecule has 0 radical (unpaired) electrons. The van der Waals surface area contributed by atoms with Crippen LogP contribution in [0.5, 0.6) is 0 Å². The first-order valence-corrected chi connectivity index (χ1v) is 11.4. The summed E-state index contributed by atoms with van der Waals surface area (Å²) in [6.07, 6.45) is 23.9. The molecule has 0 bridgehead atoms. The molecule has 0 saturated heterocycles. The summed E-state index contributed by atoms with van der Waals surface area (Å²) in [6, 6.07) is 0. The van der Waals surface area contributed by atoms with Gasteiger partial charge in [-0.15, -0.1) is 0 Å². The summed E-state index contributed by atoms with van der Waals surface area (Å²) >= 11 is 7.32. The molecule has 132 valence electrons. The monoisotopic (exact) mass is 436 g/mol. The van der Waals surface area contributed by atoms with Crippen LogP contribution >= 0.6 is 31.9 Å². The molecule has 0 aromatic carbocycles. The Labute approximate surface area is 157 Å². The molecule has 0 nitrogen and oxygen atoms in total. The van der Waals surface area contributed by atoms with E-state index in [0.29, 0.717) is 4.83 Å². The minimum Gasteiger partial charge on any atom is -0.0894 e. The fraction of sp³-hybridized carbons (Fsp3) is 0.900. The molecule has 0 N–H and O–H groups in total. The van der Waals surface area contributed by atoms with E-state index in [0.717, 1.165) is 4.83 Å². The number of hydrogen-bond acceptors (Lipinski definition) is 0. The quantitative estimate of drug-likeness (QED) is 0.129. The Morgan fingerprint density at radius 2 is 1.14 bits per heavy atom. The molecule has 0 amide bonds. The number of hydrogen-bond donors (Lipinski definition) is 0. The Hall–Kier alpha value is 0.700. The number of alkyl halides is 2. The van der Waals surface area contributed by atoms with E-state index in [2.05, 4.69) is 57.9 Å². The molecule has 22 heavy (non-hydrogen) atoms. The maximum Gasteiger partial charge on any atom is 0.0143 e. The van der Waals surface area contributed by atoms with E-state index in [-0.39, 0.29) is 0 Å². The van der Waals surface area contributed by atoms with E-state index in [1.54, 1.807) is 0 Å². The Bertz CT molecular complexity index is 236. The van der Waals surface area contributed by atoms with Crippen molar-refractivity contribution in [2.45, 2.75) is 113 Å². The standard InChI is InChI=1S/C20H38Br2/c1-3-20(22)18-16-14-12-10-8-6-4-5-7-9-11-13-15-17-19(2)21/h4,6,19-20H,3,5,7-18H2,1-2H3/b6-4+. The highest BCUT2D eigenvalue weighted by Gasteiger charge is 1.99. The molecule has 2 unspecified atom stereocenters. The molecular formula is C20H38Br2. The van der Waals surface area contributed by atoms with Crippen LogP contribution in [-0.2, 0) is 0 Å². The largest absolute Gasteiger partial charge is 0.0894 e. The molecule has 0 rings (SSSR count). The van der Waals surface area contributed by atoms with Crippen LogP contribution < -0.4 is 0 Å². The second-order valence-corrected chi connectivity index (χ2v) is 9.45. The Kier molecular flexibility index (Phi) is 18.6. The third kappa shape index (κ3) is 18.7. The van der Waals surface area contributed by atoms with E-state index < -0.39 is 0 Å². The Morgan fingerprint density at radius 3 is 1.64 bits per heavy atom. The van der Waals surface area contributed by atoms with Gasteiger partial charge in [-0.1, -0.05) is 103 Å². The van der Waals surface area contributed by atoms with Gasteiger partial charge >= 0.3 is 0 Å². The minimum atomic E-state index is 0.697. The van der Waals surface area contributed by atoms with Crippen LogP contribution in [0.1, 0.15) is 104 Å². The van der Waals surface area contributed by atoms with Gasteiger partial charge in [0.2, 0.25) is 0 Å². The van der Waals surface area contributed by atoms with Crippen LogP contribution in [0.25, 0.3) is 0 Å². The van der Waals surface area contributed by atoms with Crippen molar-refractivity contribution >= 4 is 31.9 Å². The maximum absolute atomic E-state index is 3.71. The van der Waals surface area contributed by atoms with Crippen LogP contribution in [-0.4, -0.2) is 9.65 Å².